The highest BCUT2D eigenvalue weighted by Crippen LogP contribution is 2.18. The number of ether oxygens (including phenoxy) is 1. The van der Waals surface area contributed by atoms with Crippen LogP contribution in [0.1, 0.15) is 46.5 Å². The molecule has 0 unspecified atom stereocenters. The molecule has 0 spiro atoms. The van der Waals surface area contributed by atoms with Gasteiger partial charge in [0.05, 0.1) is 0 Å². The molecular weight excluding hydrogens is 190 g/mol. The molecule has 0 aliphatic carbocycles. The van der Waals surface area contributed by atoms with Crippen LogP contribution < -0.4 is 0 Å². The van der Waals surface area contributed by atoms with Gasteiger partial charge in [0.1, 0.15) is 0 Å². The van der Waals surface area contributed by atoms with Gasteiger partial charge < -0.3 is 9.64 Å². The summed E-state index contributed by atoms with van der Waals surface area (Å²) in [5.41, 5.74) is 0. The Hall–Kier alpha value is -0.570. The molecular formula is C12H23NO2. The molecule has 1 aliphatic heterocycles. The first-order valence-corrected chi connectivity index (χ1v) is 6.05. The summed E-state index contributed by atoms with van der Waals surface area (Å²) < 4.78 is 5.33. The van der Waals surface area contributed by atoms with Crippen LogP contribution in [0.3, 0.4) is 0 Å². The van der Waals surface area contributed by atoms with Gasteiger partial charge >= 0.3 is 0 Å². The summed E-state index contributed by atoms with van der Waals surface area (Å²) >= 11 is 0. The minimum absolute atomic E-state index is 0.305. The Morgan fingerprint density at radius 3 is 2.47 bits per heavy atom. The van der Waals surface area contributed by atoms with E-state index in [1.165, 1.54) is 0 Å². The van der Waals surface area contributed by atoms with E-state index < -0.39 is 0 Å². The van der Waals surface area contributed by atoms with Gasteiger partial charge in [-0.1, -0.05) is 6.92 Å². The molecule has 1 saturated heterocycles. The zero-order valence-electron chi connectivity index (χ0n) is 10.2. The fourth-order valence-corrected chi connectivity index (χ4v) is 2.22. The van der Waals surface area contributed by atoms with Crippen molar-refractivity contribution < 1.29 is 9.53 Å². The first-order valence-electron chi connectivity index (χ1n) is 6.05. The van der Waals surface area contributed by atoms with Crippen LogP contribution in [0, 0.1) is 0 Å². The van der Waals surface area contributed by atoms with Gasteiger partial charge in [-0.05, 0) is 33.1 Å². The Morgan fingerprint density at radius 2 is 2.00 bits per heavy atom. The highest BCUT2D eigenvalue weighted by molar-refractivity contribution is 5.76. The molecule has 15 heavy (non-hydrogen) atoms. The third-order valence-corrected chi connectivity index (χ3v) is 2.89. The van der Waals surface area contributed by atoms with Crippen molar-refractivity contribution in [3.8, 4) is 0 Å². The lowest BCUT2D eigenvalue weighted by Gasteiger charge is -2.37. The van der Waals surface area contributed by atoms with Crippen LogP contribution in [0.25, 0.3) is 0 Å². The molecule has 0 aromatic carbocycles. The van der Waals surface area contributed by atoms with E-state index in [-0.39, 0.29) is 0 Å². The Bertz CT molecular complexity index is 198. The van der Waals surface area contributed by atoms with Gasteiger partial charge in [-0.15, -0.1) is 0 Å². The molecule has 0 saturated carbocycles. The van der Waals surface area contributed by atoms with Gasteiger partial charge in [0, 0.05) is 31.7 Å². The van der Waals surface area contributed by atoms with Crippen LogP contribution in [0.5, 0.6) is 0 Å². The van der Waals surface area contributed by atoms with Gasteiger partial charge in [-0.25, -0.2) is 0 Å². The molecule has 0 N–H and O–H groups in total. The van der Waals surface area contributed by atoms with E-state index in [1.807, 2.05) is 0 Å². The van der Waals surface area contributed by atoms with Crippen molar-refractivity contribution in [2.24, 2.45) is 0 Å². The van der Waals surface area contributed by atoms with Crippen molar-refractivity contribution in [3.63, 3.8) is 0 Å². The van der Waals surface area contributed by atoms with Crippen LogP contribution in [-0.4, -0.2) is 36.1 Å². The minimum atomic E-state index is 0.305. The average molecular weight is 213 g/mol. The van der Waals surface area contributed by atoms with Crippen molar-refractivity contribution in [1.29, 1.82) is 0 Å². The normalized spacial score (nSPS) is 18.1. The van der Waals surface area contributed by atoms with E-state index in [2.05, 4.69) is 25.7 Å². The van der Waals surface area contributed by atoms with Crippen LogP contribution in [0.2, 0.25) is 0 Å². The molecule has 0 aromatic heterocycles. The molecule has 88 valence electrons. The summed E-state index contributed by atoms with van der Waals surface area (Å²) in [7, 11) is 0. The number of nitrogens with zero attached hydrogens (tertiary/aromatic N) is 1. The maximum atomic E-state index is 12.0. The predicted octanol–water partition coefficient (Wildman–Crippen LogP) is 2.20. The Balaban J connectivity index is 2.59. The van der Waals surface area contributed by atoms with E-state index in [0.29, 0.717) is 24.4 Å². The lowest BCUT2D eigenvalue weighted by molar-refractivity contribution is -0.137. The Kier molecular flexibility index (Phi) is 5.09. The summed E-state index contributed by atoms with van der Waals surface area (Å²) in [4.78, 5) is 14.0. The lowest BCUT2D eigenvalue weighted by atomic mass is 10.0. The monoisotopic (exact) mass is 213 g/mol. The number of carbonyl (C=O) groups excluding carboxylic acids is 1. The van der Waals surface area contributed by atoms with Crippen LogP contribution >= 0.6 is 0 Å². The van der Waals surface area contributed by atoms with E-state index in [0.717, 1.165) is 32.5 Å². The van der Waals surface area contributed by atoms with E-state index in [9.17, 15) is 4.79 Å². The Labute approximate surface area is 92.8 Å². The first kappa shape index (κ1) is 12.5. The van der Waals surface area contributed by atoms with Crippen molar-refractivity contribution in [3.05, 3.63) is 0 Å². The van der Waals surface area contributed by atoms with Gasteiger partial charge in [0.25, 0.3) is 0 Å². The highest BCUT2D eigenvalue weighted by atomic mass is 16.5. The molecule has 1 heterocycles. The Morgan fingerprint density at radius 1 is 1.40 bits per heavy atom. The molecule has 1 rings (SSSR count). The summed E-state index contributed by atoms with van der Waals surface area (Å²) in [6.07, 6.45) is 3.60. The first-order chi connectivity index (χ1) is 7.16. The molecule has 3 heteroatoms. The van der Waals surface area contributed by atoms with Crippen LogP contribution in [0.15, 0.2) is 0 Å². The van der Waals surface area contributed by atoms with E-state index in [1.54, 1.807) is 0 Å². The van der Waals surface area contributed by atoms with Crippen LogP contribution in [-0.2, 0) is 9.53 Å². The number of amides is 1. The minimum Gasteiger partial charge on any atom is -0.381 e. The molecule has 0 atom stereocenters. The number of hydrogen-bond acceptors (Lipinski definition) is 2. The highest BCUT2D eigenvalue weighted by Gasteiger charge is 2.26. The zero-order chi connectivity index (χ0) is 11.3. The second-order valence-electron chi connectivity index (χ2n) is 4.49. The average Bonchev–Trinajstić information content (AvgIpc) is 2.19. The van der Waals surface area contributed by atoms with Gasteiger partial charge in [0.2, 0.25) is 5.91 Å². The predicted molar refractivity (Wildman–Crippen MR) is 60.7 cm³/mol. The topological polar surface area (TPSA) is 29.5 Å². The molecule has 1 aliphatic rings. The summed E-state index contributed by atoms with van der Waals surface area (Å²) in [5, 5.41) is 0. The summed E-state index contributed by atoms with van der Waals surface area (Å²) in [5.74, 6) is 0.305. The molecule has 1 amide bonds. The largest absolute Gasteiger partial charge is 0.381 e. The molecule has 1 fully saturated rings. The summed E-state index contributed by atoms with van der Waals surface area (Å²) in [6, 6.07) is 0.713. The second kappa shape index (κ2) is 6.11. The van der Waals surface area contributed by atoms with Gasteiger partial charge in [-0.2, -0.15) is 0 Å². The van der Waals surface area contributed by atoms with E-state index in [4.69, 9.17) is 4.74 Å². The third-order valence-electron chi connectivity index (χ3n) is 2.89. The standard InChI is InChI=1S/C12H23NO2/c1-4-5-12(14)13(10(2)3)11-6-8-15-9-7-11/h10-11H,4-9H2,1-3H3. The molecule has 0 bridgehead atoms. The van der Waals surface area contributed by atoms with Gasteiger partial charge in [-0.3, -0.25) is 4.79 Å². The summed E-state index contributed by atoms with van der Waals surface area (Å²) in [6.45, 7) is 7.85. The second-order valence-corrected chi connectivity index (χ2v) is 4.49. The van der Waals surface area contributed by atoms with Crippen molar-refractivity contribution in [2.45, 2.75) is 58.5 Å². The number of carbonyl (C=O) groups is 1. The fraction of sp³-hybridized carbons (Fsp3) is 0.917. The number of hydrogen-bond donors (Lipinski definition) is 0. The third kappa shape index (κ3) is 3.49. The van der Waals surface area contributed by atoms with Crippen molar-refractivity contribution >= 4 is 5.91 Å². The van der Waals surface area contributed by atoms with Crippen LogP contribution in [0.4, 0.5) is 0 Å². The molecule has 0 aromatic rings. The van der Waals surface area contributed by atoms with Gasteiger partial charge in [0.15, 0.2) is 0 Å². The maximum absolute atomic E-state index is 12.0. The smallest absolute Gasteiger partial charge is 0.223 e. The SMILES string of the molecule is CCCC(=O)N(C(C)C)C1CCOCC1. The molecule has 0 radical (unpaired) electrons. The molecule has 3 nitrogen and oxygen atoms in total. The maximum Gasteiger partial charge on any atom is 0.223 e. The number of rotatable bonds is 4. The van der Waals surface area contributed by atoms with Crippen molar-refractivity contribution in [2.75, 3.05) is 13.2 Å². The zero-order valence-corrected chi connectivity index (χ0v) is 10.2. The van der Waals surface area contributed by atoms with E-state index >= 15 is 0 Å². The quantitative estimate of drug-likeness (QED) is 0.716. The van der Waals surface area contributed by atoms with Crippen molar-refractivity contribution in [1.82, 2.24) is 4.90 Å². The fourth-order valence-electron chi connectivity index (χ4n) is 2.22. The lowest BCUT2D eigenvalue weighted by Crippen LogP contribution is -2.47.